The first-order valence-electron chi connectivity index (χ1n) is 9.49. The molecule has 0 N–H and O–H groups in total. The summed E-state index contributed by atoms with van der Waals surface area (Å²) < 4.78 is 51.9. The zero-order valence-corrected chi connectivity index (χ0v) is 18.2. The SMILES string of the molecule is CC1CCN(S(=O)(=O)c2ccc(N3CCN(S(C)(=O)=O)CC3)c([N+](=O)[O-])c2)CC1. The number of nitro groups is 1. The fourth-order valence-electron chi connectivity index (χ4n) is 3.71. The minimum atomic E-state index is -3.79. The largest absolute Gasteiger partial charge is 0.363 e. The number of hydrogen-bond acceptors (Lipinski definition) is 7. The normalized spacial score (nSPS) is 20.7. The summed E-state index contributed by atoms with van der Waals surface area (Å²) in [6.45, 7) is 3.93. The van der Waals surface area contributed by atoms with Crippen LogP contribution in [0.5, 0.6) is 0 Å². The van der Waals surface area contributed by atoms with E-state index in [9.17, 15) is 26.9 Å². The summed E-state index contributed by atoms with van der Waals surface area (Å²) in [5.74, 6) is 0.462. The van der Waals surface area contributed by atoms with E-state index in [1.807, 2.05) is 0 Å². The Hall–Kier alpha value is -1.76. The van der Waals surface area contributed by atoms with Crippen LogP contribution < -0.4 is 4.90 Å². The molecule has 1 aromatic carbocycles. The molecule has 0 aliphatic carbocycles. The molecule has 2 saturated heterocycles. The van der Waals surface area contributed by atoms with Gasteiger partial charge in [-0.1, -0.05) is 6.92 Å². The highest BCUT2D eigenvalue weighted by atomic mass is 32.2. The molecule has 12 heteroatoms. The van der Waals surface area contributed by atoms with Crippen LogP contribution in [-0.4, -0.2) is 75.9 Å². The Morgan fingerprint density at radius 1 is 0.966 bits per heavy atom. The van der Waals surface area contributed by atoms with Gasteiger partial charge in [0.1, 0.15) is 5.69 Å². The second-order valence-electron chi connectivity index (χ2n) is 7.64. The first-order chi connectivity index (χ1) is 13.5. The van der Waals surface area contributed by atoms with Crippen molar-refractivity contribution in [3.63, 3.8) is 0 Å². The number of hydrogen-bond donors (Lipinski definition) is 0. The molecule has 2 heterocycles. The maximum absolute atomic E-state index is 12.9. The minimum Gasteiger partial charge on any atom is -0.363 e. The van der Waals surface area contributed by atoms with E-state index in [2.05, 4.69) is 6.92 Å². The van der Waals surface area contributed by atoms with Gasteiger partial charge >= 0.3 is 0 Å². The third-order valence-corrected chi connectivity index (χ3v) is 8.77. The lowest BCUT2D eigenvalue weighted by atomic mass is 10.0. The number of anilines is 1. The van der Waals surface area contributed by atoms with Gasteiger partial charge in [-0.3, -0.25) is 10.1 Å². The van der Waals surface area contributed by atoms with Crippen molar-refractivity contribution in [2.75, 3.05) is 50.4 Å². The van der Waals surface area contributed by atoms with Gasteiger partial charge in [0.2, 0.25) is 20.0 Å². The first kappa shape index (κ1) is 21.9. The van der Waals surface area contributed by atoms with E-state index in [0.29, 0.717) is 37.8 Å². The van der Waals surface area contributed by atoms with E-state index in [-0.39, 0.29) is 23.7 Å². The Morgan fingerprint density at radius 3 is 2.07 bits per heavy atom. The smallest absolute Gasteiger partial charge is 0.293 e. The van der Waals surface area contributed by atoms with Crippen molar-refractivity contribution >= 4 is 31.4 Å². The van der Waals surface area contributed by atoms with Crippen LogP contribution in [0.1, 0.15) is 19.8 Å². The molecule has 0 aromatic heterocycles. The number of sulfonamides is 2. The molecule has 1 aromatic rings. The lowest BCUT2D eigenvalue weighted by molar-refractivity contribution is -0.384. The van der Waals surface area contributed by atoms with Crippen LogP contribution in [0.4, 0.5) is 11.4 Å². The molecule has 0 saturated carbocycles. The zero-order valence-electron chi connectivity index (χ0n) is 16.5. The average Bonchev–Trinajstić information content (AvgIpc) is 2.67. The predicted octanol–water partition coefficient (Wildman–Crippen LogP) is 1.10. The molecule has 0 amide bonds. The molecule has 0 radical (unpaired) electrons. The third-order valence-electron chi connectivity index (χ3n) is 5.57. The van der Waals surface area contributed by atoms with Gasteiger partial charge in [-0.25, -0.2) is 16.8 Å². The van der Waals surface area contributed by atoms with E-state index in [0.717, 1.165) is 25.2 Å². The van der Waals surface area contributed by atoms with E-state index in [1.165, 1.54) is 20.7 Å². The Kier molecular flexibility index (Phi) is 6.18. The van der Waals surface area contributed by atoms with Crippen LogP contribution in [-0.2, 0) is 20.0 Å². The van der Waals surface area contributed by atoms with Crippen molar-refractivity contribution in [1.82, 2.24) is 8.61 Å². The van der Waals surface area contributed by atoms with Gasteiger partial charge in [-0.2, -0.15) is 8.61 Å². The standard InChI is InChI=1S/C17H26N4O6S2/c1-14-5-7-20(8-6-14)29(26,27)15-3-4-16(17(13-15)21(22)23)18-9-11-19(12-10-18)28(2,24)25/h3-4,13-14H,5-12H2,1-2H3. The Morgan fingerprint density at radius 2 is 1.55 bits per heavy atom. The highest BCUT2D eigenvalue weighted by molar-refractivity contribution is 7.89. The van der Waals surface area contributed by atoms with Crippen molar-refractivity contribution in [3.05, 3.63) is 28.3 Å². The van der Waals surface area contributed by atoms with Gasteiger partial charge in [0.05, 0.1) is 16.1 Å². The Labute approximate surface area is 171 Å². The second kappa shape index (κ2) is 8.17. The number of rotatable bonds is 5. The van der Waals surface area contributed by atoms with Crippen molar-refractivity contribution in [2.45, 2.75) is 24.7 Å². The van der Waals surface area contributed by atoms with Crippen LogP contribution in [0.15, 0.2) is 23.1 Å². The molecule has 0 bridgehead atoms. The van der Waals surface area contributed by atoms with Crippen LogP contribution in [0.25, 0.3) is 0 Å². The van der Waals surface area contributed by atoms with Crippen LogP contribution in [0.3, 0.4) is 0 Å². The number of nitrogens with zero attached hydrogens (tertiary/aromatic N) is 4. The maximum Gasteiger partial charge on any atom is 0.293 e. The first-order valence-corrected chi connectivity index (χ1v) is 12.8. The summed E-state index contributed by atoms with van der Waals surface area (Å²) in [5, 5.41) is 11.7. The summed E-state index contributed by atoms with van der Waals surface area (Å²) in [6, 6.07) is 3.97. The Balaban J connectivity index is 1.86. The van der Waals surface area contributed by atoms with Crippen molar-refractivity contribution in [1.29, 1.82) is 0 Å². The highest BCUT2D eigenvalue weighted by Gasteiger charge is 2.32. The topological polar surface area (TPSA) is 121 Å². The molecule has 2 aliphatic rings. The fraction of sp³-hybridized carbons (Fsp3) is 0.647. The number of nitro benzene ring substituents is 1. The quantitative estimate of drug-likeness (QED) is 0.490. The predicted molar refractivity (Wildman–Crippen MR) is 109 cm³/mol. The lowest BCUT2D eigenvalue weighted by Crippen LogP contribution is -2.48. The summed E-state index contributed by atoms with van der Waals surface area (Å²) in [5.41, 5.74) is 0.0126. The van der Waals surface area contributed by atoms with Crippen molar-refractivity contribution in [2.24, 2.45) is 5.92 Å². The van der Waals surface area contributed by atoms with Crippen LogP contribution >= 0.6 is 0 Å². The fourth-order valence-corrected chi connectivity index (χ4v) is 6.03. The third kappa shape index (κ3) is 4.71. The summed E-state index contributed by atoms with van der Waals surface area (Å²) in [6.07, 6.45) is 2.67. The van der Waals surface area contributed by atoms with Gasteiger partial charge in [-0.05, 0) is 30.9 Å². The van der Waals surface area contributed by atoms with Gasteiger partial charge in [0.15, 0.2) is 0 Å². The summed E-state index contributed by atoms with van der Waals surface area (Å²) >= 11 is 0. The molecule has 0 spiro atoms. The summed E-state index contributed by atoms with van der Waals surface area (Å²) in [4.78, 5) is 12.7. The van der Waals surface area contributed by atoms with Crippen LogP contribution in [0, 0.1) is 16.0 Å². The molecule has 162 valence electrons. The molecule has 2 aliphatic heterocycles. The van der Waals surface area contributed by atoms with E-state index < -0.39 is 25.0 Å². The highest BCUT2D eigenvalue weighted by Crippen LogP contribution is 2.33. The zero-order chi connectivity index (χ0) is 21.4. The molecule has 0 atom stereocenters. The lowest BCUT2D eigenvalue weighted by Gasteiger charge is -2.34. The minimum absolute atomic E-state index is 0.0859. The monoisotopic (exact) mass is 446 g/mol. The van der Waals surface area contributed by atoms with Crippen molar-refractivity contribution < 1.29 is 21.8 Å². The van der Waals surface area contributed by atoms with E-state index in [4.69, 9.17) is 0 Å². The number of piperazine rings is 1. The van der Waals surface area contributed by atoms with E-state index in [1.54, 1.807) is 4.90 Å². The Bertz CT molecular complexity index is 979. The molecular formula is C17H26N4O6S2. The molecule has 3 rings (SSSR count). The van der Waals surface area contributed by atoms with Crippen LogP contribution in [0.2, 0.25) is 0 Å². The molecule has 2 fully saturated rings. The molecule has 29 heavy (non-hydrogen) atoms. The maximum atomic E-state index is 12.9. The van der Waals surface area contributed by atoms with Crippen molar-refractivity contribution in [3.8, 4) is 0 Å². The molecule has 0 unspecified atom stereocenters. The number of benzene rings is 1. The molecule has 10 nitrogen and oxygen atoms in total. The van der Waals surface area contributed by atoms with E-state index >= 15 is 0 Å². The van der Waals surface area contributed by atoms with Gasteiger partial charge in [0.25, 0.3) is 5.69 Å². The van der Waals surface area contributed by atoms with Gasteiger partial charge < -0.3 is 4.90 Å². The summed E-state index contributed by atoms with van der Waals surface area (Å²) in [7, 11) is -7.11. The molecular weight excluding hydrogens is 420 g/mol. The van der Waals surface area contributed by atoms with Gasteiger partial charge in [0, 0.05) is 45.3 Å². The number of piperidine rings is 1. The van der Waals surface area contributed by atoms with Gasteiger partial charge in [-0.15, -0.1) is 0 Å². The average molecular weight is 447 g/mol. The second-order valence-corrected chi connectivity index (χ2v) is 11.6.